The lowest BCUT2D eigenvalue weighted by atomic mass is 10.0. The minimum Gasteiger partial charge on any atom is -0.494 e. The maximum Gasteiger partial charge on any atom is 0.235 e. The zero-order valence-electron chi connectivity index (χ0n) is 11.8. The van der Waals surface area contributed by atoms with Crippen molar-refractivity contribution in [3.8, 4) is 5.75 Å². The van der Waals surface area contributed by atoms with Gasteiger partial charge < -0.3 is 21.0 Å². The molecule has 1 aromatic carbocycles. The Balaban J connectivity index is 2.66. The number of hydrogen-bond acceptors (Lipinski definition) is 4. The molecule has 0 bridgehead atoms. The van der Waals surface area contributed by atoms with Crippen molar-refractivity contribution in [3.05, 3.63) is 24.3 Å². The Kier molecular flexibility index (Phi) is 6.36. The monoisotopic (exact) mass is 279 g/mol. The van der Waals surface area contributed by atoms with Crippen LogP contribution in [0.3, 0.4) is 0 Å². The highest BCUT2D eigenvalue weighted by Crippen LogP contribution is 2.17. The average Bonchev–Trinajstić information content (AvgIpc) is 2.47. The third-order valence-electron chi connectivity index (χ3n) is 2.79. The van der Waals surface area contributed by atoms with Crippen molar-refractivity contribution in [1.29, 1.82) is 0 Å². The van der Waals surface area contributed by atoms with Crippen LogP contribution in [0, 0.1) is 5.92 Å². The molecular weight excluding hydrogens is 258 g/mol. The Morgan fingerprint density at radius 3 is 2.55 bits per heavy atom. The first kappa shape index (κ1) is 15.8. The molecule has 6 nitrogen and oxygen atoms in total. The van der Waals surface area contributed by atoms with Crippen LogP contribution in [0.1, 0.15) is 26.7 Å². The molecule has 0 aliphatic heterocycles. The van der Waals surface area contributed by atoms with Gasteiger partial charge in [-0.2, -0.15) is 0 Å². The van der Waals surface area contributed by atoms with Crippen molar-refractivity contribution in [2.75, 3.05) is 11.9 Å². The van der Waals surface area contributed by atoms with Gasteiger partial charge in [0.15, 0.2) is 5.84 Å². The van der Waals surface area contributed by atoms with E-state index in [0.717, 1.165) is 12.2 Å². The summed E-state index contributed by atoms with van der Waals surface area (Å²) in [6, 6.07) is 7.08. The van der Waals surface area contributed by atoms with Crippen LogP contribution >= 0.6 is 0 Å². The van der Waals surface area contributed by atoms with Crippen molar-refractivity contribution >= 4 is 17.4 Å². The summed E-state index contributed by atoms with van der Waals surface area (Å²) in [5.41, 5.74) is 6.12. The van der Waals surface area contributed by atoms with E-state index < -0.39 is 5.92 Å². The summed E-state index contributed by atoms with van der Waals surface area (Å²) in [5, 5.41) is 14.2. The van der Waals surface area contributed by atoms with E-state index >= 15 is 0 Å². The molecule has 1 atom stereocenters. The maximum atomic E-state index is 12.0. The van der Waals surface area contributed by atoms with Gasteiger partial charge in [-0.3, -0.25) is 4.79 Å². The largest absolute Gasteiger partial charge is 0.494 e. The van der Waals surface area contributed by atoms with Crippen LogP contribution in [-0.4, -0.2) is 23.6 Å². The fraction of sp³-hybridized carbons (Fsp3) is 0.429. The Bertz CT molecular complexity index is 457. The van der Waals surface area contributed by atoms with Crippen molar-refractivity contribution in [3.63, 3.8) is 0 Å². The summed E-state index contributed by atoms with van der Waals surface area (Å²) in [6.45, 7) is 4.49. The lowest BCUT2D eigenvalue weighted by Crippen LogP contribution is -2.34. The predicted octanol–water partition coefficient (Wildman–Crippen LogP) is 2.19. The molecule has 4 N–H and O–H groups in total. The molecule has 0 heterocycles. The number of ether oxygens (including phenoxy) is 1. The fourth-order valence-electron chi connectivity index (χ4n) is 1.68. The van der Waals surface area contributed by atoms with Gasteiger partial charge in [-0.25, -0.2) is 0 Å². The third-order valence-corrected chi connectivity index (χ3v) is 2.79. The first-order valence-electron chi connectivity index (χ1n) is 6.63. The zero-order valence-corrected chi connectivity index (χ0v) is 11.8. The van der Waals surface area contributed by atoms with Crippen LogP contribution in [0.15, 0.2) is 29.4 Å². The number of oxime groups is 1. The summed E-state index contributed by atoms with van der Waals surface area (Å²) < 4.78 is 5.45. The number of benzene rings is 1. The first-order chi connectivity index (χ1) is 9.62. The van der Waals surface area contributed by atoms with Crippen LogP contribution in [0.5, 0.6) is 5.75 Å². The first-order valence-corrected chi connectivity index (χ1v) is 6.63. The van der Waals surface area contributed by atoms with Gasteiger partial charge in [0.2, 0.25) is 5.91 Å². The number of anilines is 1. The molecule has 0 fully saturated rings. The Hall–Kier alpha value is -2.24. The second-order valence-electron chi connectivity index (χ2n) is 4.35. The van der Waals surface area contributed by atoms with E-state index in [0.29, 0.717) is 18.7 Å². The van der Waals surface area contributed by atoms with Crippen molar-refractivity contribution in [1.82, 2.24) is 0 Å². The molecule has 0 saturated heterocycles. The summed E-state index contributed by atoms with van der Waals surface area (Å²) in [6.07, 6.45) is 1.40. The molecule has 6 heteroatoms. The van der Waals surface area contributed by atoms with Gasteiger partial charge in [-0.05, 0) is 37.1 Å². The molecule has 0 spiro atoms. The van der Waals surface area contributed by atoms with E-state index in [4.69, 9.17) is 15.7 Å². The van der Waals surface area contributed by atoms with Crippen molar-refractivity contribution in [2.24, 2.45) is 16.8 Å². The average molecular weight is 279 g/mol. The van der Waals surface area contributed by atoms with Crippen molar-refractivity contribution in [2.45, 2.75) is 26.7 Å². The molecule has 1 rings (SSSR count). The lowest BCUT2D eigenvalue weighted by Gasteiger charge is -2.13. The lowest BCUT2D eigenvalue weighted by molar-refractivity contribution is -0.118. The number of carbonyl (C=O) groups is 1. The SMILES string of the molecule is CCCOc1ccc(NC(=O)C(CC)C(N)=NO)cc1. The third kappa shape index (κ3) is 4.46. The minimum atomic E-state index is -0.643. The molecule has 0 saturated carbocycles. The number of amidine groups is 1. The van der Waals surface area contributed by atoms with E-state index in [2.05, 4.69) is 10.5 Å². The van der Waals surface area contributed by atoms with Crippen LogP contribution in [-0.2, 0) is 4.79 Å². The molecule has 1 aromatic rings. The van der Waals surface area contributed by atoms with Gasteiger partial charge in [0.05, 0.1) is 12.5 Å². The van der Waals surface area contributed by atoms with Crippen molar-refractivity contribution < 1.29 is 14.7 Å². The molecule has 1 unspecified atom stereocenters. The smallest absolute Gasteiger partial charge is 0.235 e. The molecule has 0 aliphatic rings. The van der Waals surface area contributed by atoms with E-state index in [1.165, 1.54) is 0 Å². The van der Waals surface area contributed by atoms with Gasteiger partial charge >= 0.3 is 0 Å². The quantitative estimate of drug-likeness (QED) is 0.308. The molecule has 0 radical (unpaired) electrons. The van der Waals surface area contributed by atoms with Gasteiger partial charge in [-0.1, -0.05) is 19.0 Å². The van der Waals surface area contributed by atoms with Crippen LogP contribution in [0.4, 0.5) is 5.69 Å². The predicted molar refractivity (Wildman–Crippen MR) is 78.0 cm³/mol. The molecule has 20 heavy (non-hydrogen) atoms. The topological polar surface area (TPSA) is 96.9 Å². The zero-order chi connectivity index (χ0) is 15.0. The van der Waals surface area contributed by atoms with Gasteiger partial charge in [0.1, 0.15) is 5.75 Å². The minimum absolute atomic E-state index is 0.0899. The highest BCUT2D eigenvalue weighted by molar-refractivity contribution is 6.07. The Morgan fingerprint density at radius 2 is 2.05 bits per heavy atom. The Morgan fingerprint density at radius 1 is 1.40 bits per heavy atom. The van der Waals surface area contributed by atoms with E-state index in [1.807, 2.05) is 6.92 Å². The normalized spacial score (nSPS) is 12.8. The standard InChI is InChI=1S/C14H21N3O3/c1-3-9-20-11-7-5-10(6-8-11)16-14(18)12(4-2)13(15)17-19/h5-8,12,19H,3-4,9H2,1-2H3,(H2,15,17)(H,16,18). The number of carbonyl (C=O) groups excluding carboxylic acids is 1. The van der Waals surface area contributed by atoms with Crippen LogP contribution in [0.25, 0.3) is 0 Å². The Labute approximate surface area is 118 Å². The number of amides is 1. The van der Waals surface area contributed by atoms with E-state index in [1.54, 1.807) is 31.2 Å². The summed E-state index contributed by atoms with van der Waals surface area (Å²) >= 11 is 0. The number of nitrogens with one attached hydrogen (secondary N) is 1. The summed E-state index contributed by atoms with van der Waals surface area (Å²) in [4.78, 5) is 12.0. The second-order valence-corrected chi connectivity index (χ2v) is 4.35. The summed E-state index contributed by atoms with van der Waals surface area (Å²) in [7, 11) is 0. The summed E-state index contributed by atoms with van der Waals surface area (Å²) in [5.74, 6) is -0.276. The molecule has 1 amide bonds. The fourth-order valence-corrected chi connectivity index (χ4v) is 1.68. The number of nitrogens with zero attached hydrogens (tertiary/aromatic N) is 1. The van der Waals surface area contributed by atoms with Crippen LogP contribution < -0.4 is 15.8 Å². The number of rotatable bonds is 7. The molecule has 0 aromatic heterocycles. The number of hydrogen-bond donors (Lipinski definition) is 3. The number of nitrogens with two attached hydrogens (primary N) is 1. The maximum absolute atomic E-state index is 12.0. The van der Waals surface area contributed by atoms with Gasteiger partial charge in [0.25, 0.3) is 0 Å². The highest BCUT2D eigenvalue weighted by Gasteiger charge is 2.21. The molecule has 0 aliphatic carbocycles. The highest BCUT2D eigenvalue weighted by atomic mass is 16.5. The molecular formula is C14H21N3O3. The van der Waals surface area contributed by atoms with Crippen LogP contribution in [0.2, 0.25) is 0 Å². The van der Waals surface area contributed by atoms with Gasteiger partial charge in [-0.15, -0.1) is 0 Å². The van der Waals surface area contributed by atoms with E-state index in [-0.39, 0.29) is 11.7 Å². The van der Waals surface area contributed by atoms with Gasteiger partial charge in [0, 0.05) is 5.69 Å². The van der Waals surface area contributed by atoms with E-state index in [9.17, 15) is 4.79 Å². The molecule has 110 valence electrons. The second kappa shape index (κ2) is 8.04.